The van der Waals surface area contributed by atoms with Crippen LogP contribution in [0.15, 0.2) is 23.1 Å². The molecule has 1 aromatic heterocycles. The number of aromatic carboxylic acids is 1. The lowest BCUT2D eigenvalue weighted by Crippen LogP contribution is -2.32. The molecule has 0 fully saturated rings. The number of hydrogen-bond donors (Lipinski definition) is 1. The van der Waals surface area contributed by atoms with Gasteiger partial charge in [0.15, 0.2) is 0 Å². The Morgan fingerprint density at radius 2 is 1.89 bits per heavy atom. The zero-order valence-electron chi connectivity index (χ0n) is 11.1. The highest BCUT2D eigenvalue weighted by molar-refractivity contribution is 5.87. The van der Waals surface area contributed by atoms with Crippen molar-refractivity contribution in [1.82, 2.24) is 9.47 Å². The molecule has 1 rings (SSSR count). The first kappa shape index (κ1) is 14.9. The summed E-state index contributed by atoms with van der Waals surface area (Å²) in [6.45, 7) is 5.21. The van der Waals surface area contributed by atoms with Crippen molar-refractivity contribution in [3.8, 4) is 0 Å². The summed E-state index contributed by atoms with van der Waals surface area (Å²) in [5, 5.41) is 8.85. The van der Waals surface area contributed by atoms with Gasteiger partial charge in [0.1, 0.15) is 0 Å². The minimum atomic E-state index is -1.09. The molecule has 0 aliphatic rings. The molecule has 1 N–H and O–H groups in total. The number of nitrogens with zero attached hydrogens (tertiary/aromatic N) is 2. The second-order valence-electron chi connectivity index (χ2n) is 4.07. The fraction of sp³-hybridized carbons (Fsp3) is 0.462. The predicted octanol–water partition coefficient (Wildman–Crippen LogP) is 0.805. The Hall–Kier alpha value is -2.11. The Balaban J connectivity index is 2.77. The molecule has 0 bridgehead atoms. The van der Waals surface area contributed by atoms with Crippen molar-refractivity contribution in [1.29, 1.82) is 0 Å². The molecule has 0 spiro atoms. The minimum absolute atomic E-state index is 0.0369. The van der Waals surface area contributed by atoms with E-state index < -0.39 is 5.97 Å². The summed E-state index contributed by atoms with van der Waals surface area (Å²) < 4.78 is 1.25. The third-order valence-electron chi connectivity index (χ3n) is 2.91. The van der Waals surface area contributed by atoms with Crippen LogP contribution in [0.3, 0.4) is 0 Å². The molecule has 0 atom stereocenters. The van der Waals surface area contributed by atoms with E-state index in [4.69, 9.17) is 5.11 Å². The lowest BCUT2D eigenvalue weighted by Gasteiger charge is -2.18. The lowest BCUT2D eigenvalue weighted by atomic mass is 10.2. The number of carbonyl (C=O) groups is 2. The third-order valence-corrected chi connectivity index (χ3v) is 2.91. The summed E-state index contributed by atoms with van der Waals surface area (Å²) in [7, 11) is 0. The van der Waals surface area contributed by atoms with Gasteiger partial charge in [-0.1, -0.05) is 0 Å². The maximum atomic E-state index is 11.8. The average molecular weight is 266 g/mol. The fourth-order valence-corrected chi connectivity index (χ4v) is 1.78. The number of pyridine rings is 1. The summed E-state index contributed by atoms with van der Waals surface area (Å²) in [5.74, 6) is -1.14. The molecule has 1 heterocycles. The Kier molecular flexibility index (Phi) is 5.29. The topological polar surface area (TPSA) is 79.6 Å². The van der Waals surface area contributed by atoms with Gasteiger partial charge in [0, 0.05) is 38.3 Å². The SMILES string of the molecule is CCN(CC)C(=O)CCn1cc(C(=O)O)ccc1=O. The Bertz CT molecular complexity index is 518. The van der Waals surface area contributed by atoms with Crippen LogP contribution in [-0.4, -0.2) is 39.5 Å². The Morgan fingerprint density at radius 3 is 2.42 bits per heavy atom. The number of hydrogen-bond acceptors (Lipinski definition) is 3. The molecule has 104 valence electrons. The van der Waals surface area contributed by atoms with E-state index in [1.165, 1.54) is 22.9 Å². The number of aromatic nitrogens is 1. The molecule has 1 aromatic rings. The molecule has 0 aliphatic carbocycles. The molecular formula is C13H18N2O4. The average Bonchev–Trinajstić information content (AvgIpc) is 2.38. The van der Waals surface area contributed by atoms with Crippen molar-refractivity contribution in [2.75, 3.05) is 13.1 Å². The van der Waals surface area contributed by atoms with E-state index in [2.05, 4.69) is 0 Å². The van der Waals surface area contributed by atoms with Crippen molar-refractivity contribution in [3.63, 3.8) is 0 Å². The predicted molar refractivity (Wildman–Crippen MR) is 70.2 cm³/mol. The molecule has 0 saturated heterocycles. The van der Waals surface area contributed by atoms with E-state index in [-0.39, 0.29) is 30.0 Å². The lowest BCUT2D eigenvalue weighted by molar-refractivity contribution is -0.131. The smallest absolute Gasteiger partial charge is 0.337 e. The van der Waals surface area contributed by atoms with Crippen LogP contribution in [0.5, 0.6) is 0 Å². The highest BCUT2D eigenvalue weighted by Crippen LogP contribution is 1.99. The van der Waals surface area contributed by atoms with Crippen LogP contribution in [-0.2, 0) is 11.3 Å². The molecule has 6 heteroatoms. The number of carbonyl (C=O) groups excluding carboxylic acids is 1. The first-order chi connectivity index (χ1) is 8.99. The number of carboxylic acid groups (broad SMARTS) is 1. The van der Waals surface area contributed by atoms with Gasteiger partial charge in [-0.3, -0.25) is 9.59 Å². The van der Waals surface area contributed by atoms with Gasteiger partial charge < -0.3 is 14.6 Å². The van der Waals surface area contributed by atoms with Crippen LogP contribution in [0.2, 0.25) is 0 Å². The van der Waals surface area contributed by atoms with Crippen LogP contribution in [0, 0.1) is 0 Å². The number of carboxylic acids is 1. The van der Waals surface area contributed by atoms with Gasteiger partial charge in [0.05, 0.1) is 5.56 Å². The summed E-state index contributed by atoms with van der Waals surface area (Å²) in [4.78, 5) is 35.8. The summed E-state index contributed by atoms with van der Waals surface area (Å²) in [6, 6.07) is 2.46. The fourth-order valence-electron chi connectivity index (χ4n) is 1.78. The van der Waals surface area contributed by atoms with Gasteiger partial charge in [-0.25, -0.2) is 4.79 Å². The van der Waals surface area contributed by atoms with Crippen molar-refractivity contribution in [3.05, 3.63) is 34.2 Å². The van der Waals surface area contributed by atoms with Gasteiger partial charge >= 0.3 is 5.97 Å². The van der Waals surface area contributed by atoms with Crippen LogP contribution in [0.4, 0.5) is 0 Å². The van der Waals surface area contributed by atoms with Gasteiger partial charge in [-0.15, -0.1) is 0 Å². The number of aryl methyl sites for hydroxylation is 1. The molecule has 0 radical (unpaired) electrons. The molecule has 19 heavy (non-hydrogen) atoms. The van der Waals surface area contributed by atoms with Crippen molar-refractivity contribution in [2.24, 2.45) is 0 Å². The number of amides is 1. The van der Waals surface area contributed by atoms with Crippen molar-refractivity contribution < 1.29 is 14.7 Å². The van der Waals surface area contributed by atoms with E-state index in [1.807, 2.05) is 13.8 Å². The van der Waals surface area contributed by atoms with E-state index in [0.717, 1.165) is 0 Å². The van der Waals surface area contributed by atoms with Crippen molar-refractivity contribution >= 4 is 11.9 Å². The quantitative estimate of drug-likeness (QED) is 0.826. The summed E-state index contributed by atoms with van der Waals surface area (Å²) in [5.41, 5.74) is -0.271. The second kappa shape index (κ2) is 6.72. The van der Waals surface area contributed by atoms with E-state index in [1.54, 1.807) is 4.90 Å². The largest absolute Gasteiger partial charge is 0.478 e. The first-order valence-electron chi connectivity index (χ1n) is 6.21. The van der Waals surface area contributed by atoms with Gasteiger partial charge in [0.2, 0.25) is 5.91 Å². The first-order valence-corrected chi connectivity index (χ1v) is 6.21. The minimum Gasteiger partial charge on any atom is -0.478 e. The van der Waals surface area contributed by atoms with E-state index >= 15 is 0 Å². The zero-order valence-corrected chi connectivity index (χ0v) is 11.1. The van der Waals surface area contributed by atoms with E-state index in [0.29, 0.717) is 13.1 Å². The van der Waals surface area contributed by atoms with Crippen LogP contribution >= 0.6 is 0 Å². The van der Waals surface area contributed by atoms with Crippen LogP contribution in [0.25, 0.3) is 0 Å². The molecule has 0 aliphatic heterocycles. The molecular weight excluding hydrogens is 248 g/mol. The van der Waals surface area contributed by atoms with Crippen LogP contribution in [0.1, 0.15) is 30.6 Å². The van der Waals surface area contributed by atoms with E-state index in [9.17, 15) is 14.4 Å². The van der Waals surface area contributed by atoms with Gasteiger partial charge in [-0.2, -0.15) is 0 Å². The maximum Gasteiger partial charge on any atom is 0.337 e. The normalized spacial score (nSPS) is 10.2. The Morgan fingerprint density at radius 1 is 1.26 bits per heavy atom. The molecule has 0 unspecified atom stereocenters. The van der Waals surface area contributed by atoms with Crippen LogP contribution < -0.4 is 5.56 Å². The highest BCUT2D eigenvalue weighted by atomic mass is 16.4. The van der Waals surface area contributed by atoms with Gasteiger partial charge in [-0.05, 0) is 19.9 Å². The highest BCUT2D eigenvalue weighted by Gasteiger charge is 2.11. The van der Waals surface area contributed by atoms with Crippen molar-refractivity contribution in [2.45, 2.75) is 26.8 Å². The summed E-state index contributed by atoms with van der Waals surface area (Å²) in [6.07, 6.45) is 1.45. The molecule has 6 nitrogen and oxygen atoms in total. The molecule has 0 saturated carbocycles. The third kappa shape index (κ3) is 3.94. The Labute approximate surface area is 111 Å². The maximum absolute atomic E-state index is 11.8. The summed E-state index contributed by atoms with van der Waals surface area (Å²) >= 11 is 0. The molecule has 0 aromatic carbocycles. The number of rotatable bonds is 6. The zero-order chi connectivity index (χ0) is 14.4. The van der Waals surface area contributed by atoms with Gasteiger partial charge in [0.25, 0.3) is 5.56 Å². The molecule has 1 amide bonds. The monoisotopic (exact) mass is 266 g/mol. The standard InChI is InChI=1S/C13H18N2O4/c1-3-14(4-2)12(17)7-8-15-9-10(13(18)19)5-6-11(15)16/h5-6,9H,3-4,7-8H2,1-2H3,(H,18,19). The second-order valence-corrected chi connectivity index (χ2v) is 4.07.